The van der Waals surface area contributed by atoms with Crippen LogP contribution >= 0.6 is 0 Å². The Morgan fingerprint density at radius 2 is 1.90 bits per heavy atom. The Balaban J connectivity index is 1.79. The largest absolute Gasteiger partial charge is 0.481 e. The maximum Gasteiger partial charge on any atom is 0.306 e. The Hall–Kier alpha value is -1.10. The molecule has 2 N–H and O–H groups in total. The number of rotatable bonds is 7. The third-order valence-corrected chi connectivity index (χ3v) is 5.13. The van der Waals surface area contributed by atoms with Gasteiger partial charge in [-0.2, -0.15) is 0 Å². The summed E-state index contributed by atoms with van der Waals surface area (Å²) in [7, 11) is 0. The van der Waals surface area contributed by atoms with Gasteiger partial charge in [0.25, 0.3) is 0 Å². The summed E-state index contributed by atoms with van der Waals surface area (Å²) in [6, 6.07) is 0.151. The van der Waals surface area contributed by atoms with E-state index in [4.69, 9.17) is 9.84 Å². The maximum absolute atomic E-state index is 12.5. The molecular weight excluding hydrogens is 270 g/mol. The van der Waals surface area contributed by atoms with E-state index in [9.17, 15) is 9.59 Å². The van der Waals surface area contributed by atoms with Crippen LogP contribution in [0, 0.1) is 11.3 Å². The number of hydrogen-bond donors (Lipinski definition) is 2. The Morgan fingerprint density at radius 3 is 2.38 bits per heavy atom. The molecule has 0 heterocycles. The van der Waals surface area contributed by atoms with Crippen molar-refractivity contribution >= 4 is 11.9 Å². The van der Waals surface area contributed by atoms with Crippen LogP contribution in [0.2, 0.25) is 0 Å². The van der Waals surface area contributed by atoms with Crippen LogP contribution < -0.4 is 5.32 Å². The van der Waals surface area contributed by atoms with Crippen LogP contribution in [0.1, 0.15) is 58.3 Å². The van der Waals surface area contributed by atoms with Gasteiger partial charge in [-0.05, 0) is 51.9 Å². The van der Waals surface area contributed by atoms with Gasteiger partial charge >= 0.3 is 5.97 Å². The highest BCUT2D eigenvalue weighted by Crippen LogP contribution is 2.44. The zero-order valence-electron chi connectivity index (χ0n) is 12.9. The van der Waals surface area contributed by atoms with Gasteiger partial charge in [0.1, 0.15) is 0 Å². The van der Waals surface area contributed by atoms with Gasteiger partial charge in [-0.25, -0.2) is 0 Å². The molecule has 0 radical (unpaired) electrons. The zero-order valence-corrected chi connectivity index (χ0v) is 12.9. The van der Waals surface area contributed by atoms with E-state index in [-0.39, 0.29) is 23.3 Å². The number of carbonyl (C=O) groups is 2. The Bertz CT molecular complexity index is 370. The van der Waals surface area contributed by atoms with Crippen molar-refractivity contribution in [1.82, 2.24) is 5.32 Å². The average Bonchev–Trinajstić information content (AvgIpc) is 2.42. The van der Waals surface area contributed by atoms with Crippen molar-refractivity contribution in [1.29, 1.82) is 0 Å². The van der Waals surface area contributed by atoms with Crippen molar-refractivity contribution in [3.05, 3.63) is 0 Å². The number of nitrogens with one attached hydrogen (secondary N) is 1. The van der Waals surface area contributed by atoms with Crippen LogP contribution in [-0.4, -0.2) is 36.2 Å². The average molecular weight is 297 g/mol. The highest BCUT2D eigenvalue weighted by Gasteiger charge is 2.44. The number of ether oxygens (including phenoxy) is 1. The molecule has 0 aromatic heterocycles. The molecule has 5 nitrogen and oxygen atoms in total. The number of hydrogen-bond acceptors (Lipinski definition) is 3. The summed E-state index contributed by atoms with van der Waals surface area (Å²) in [4.78, 5) is 23.5. The monoisotopic (exact) mass is 297 g/mol. The van der Waals surface area contributed by atoms with Crippen molar-refractivity contribution in [3.8, 4) is 0 Å². The first-order chi connectivity index (χ1) is 10.1. The van der Waals surface area contributed by atoms with Crippen LogP contribution in [-0.2, 0) is 14.3 Å². The molecule has 0 saturated heterocycles. The van der Waals surface area contributed by atoms with Crippen molar-refractivity contribution < 1.29 is 19.4 Å². The van der Waals surface area contributed by atoms with Gasteiger partial charge in [0.2, 0.25) is 5.91 Å². The number of amides is 1. The summed E-state index contributed by atoms with van der Waals surface area (Å²) in [6.45, 7) is 3.31. The highest BCUT2D eigenvalue weighted by molar-refractivity contribution is 5.83. The second kappa shape index (κ2) is 7.25. The minimum absolute atomic E-state index is 0.151. The fraction of sp³-hybridized carbons (Fsp3) is 0.875. The van der Waals surface area contributed by atoms with Gasteiger partial charge in [-0.15, -0.1) is 0 Å². The normalized spacial score (nSPS) is 27.7. The molecule has 0 bridgehead atoms. The fourth-order valence-electron chi connectivity index (χ4n) is 3.43. The third-order valence-electron chi connectivity index (χ3n) is 5.13. The molecule has 2 rings (SSSR count). The molecule has 0 aliphatic heterocycles. The molecule has 5 heteroatoms. The van der Waals surface area contributed by atoms with Gasteiger partial charge < -0.3 is 15.2 Å². The summed E-state index contributed by atoms with van der Waals surface area (Å²) in [5.41, 5.74) is -0.223. The molecule has 2 aliphatic carbocycles. The molecule has 2 fully saturated rings. The van der Waals surface area contributed by atoms with Crippen LogP contribution in [0.5, 0.6) is 0 Å². The standard InChI is InChI=1S/C16H27NO4/c1-2-21-11-10-16(8-3-9-16)15(20)17-13-6-4-12(5-7-13)14(18)19/h12-13H,2-11H2,1H3,(H,17,20)(H,18,19). The van der Waals surface area contributed by atoms with Crippen LogP contribution in [0.4, 0.5) is 0 Å². The van der Waals surface area contributed by atoms with E-state index in [0.717, 1.165) is 38.5 Å². The van der Waals surface area contributed by atoms with E-state index >= 15 is 0 Å². The van der Waals surface area contributed by atoms with Gasteiger partial charge in [0.05, 0.1) is 11.3 Å². The molecule has 1 amide bonds. The van der Waals surface area contributed by atoms with Gasteiger partial charge in [0.15, 0.2) is 0 Å². The molecule has 0 aromatic carbocycles. The number of aliphatic carboxylic acids is 1. The van der Waals surface area contributed by atoms with E-state index in [1.165, 1.54) is 0 Å². The number of carbonyl (C=O) groups excluding carboxylic acids is 1. The lowest BCUT2D eigenvalue weighted by atomic mass is 9.66. The van der Waals surface area contributed by atoms with Crippen molar-refractivity contribution in [2.75, 3.05) is 13.2 Å². The van der Waals surface area contributed by atoms with Gasteiger partial charge in [-0.3, -0.25) is 9.59 Å². The minimum Gasteiger partial charge on any atom is -0.481 e. The first kappa shape index (κ1) is 16.3. The SMILES string of the molecule is CCOCCC1(C(=O)NC2CCC(C(=O)O)CC2)CCC1. The Labute approximate surface area is 126 Å². The predicted octanol–water partition coefficient (Wildman–Crippen LogP) is 2.34. The summed E-state index contributed by atoms with van der Waals surface area (Å²) in [5, 5.41) is 12.2. The fourth-order valence-corrected chi connectivity index (χ4v) is 3.43. The predicted molar refractivity (Wildman–Crippen MR) is 78.9 cm³/mol. The molecule has 0 spiro atoms. The van der Waals surface area contributed by atoms with E-state index in [0.29, 0.717) is 26.1 Å². The smallest absolute Gasteiger partial charge is 0.306 e. The summed E-state index contributed by atoms with van der Waals surface area (Å²) in [6.07, 6.45) is 6.74. The van der Waals surface area contributed by atoms with Crippen LogP contribution in [0.3, 0.4) is 0 Å². The summed E-state index contributed by atoms with van der Waals surface area (Å²) < 4.78 is 5.40. The first-order valence-corrected chi connectivity index (χ1v) is 8.19. The second-order valence-corrected chi connectivity index (χ2v) is 6.44. The van der Waals surface area contributed by atoms with Crippen LogP contribution in [0.15, 0.2) is 0 Å². The summed E-state index contributed by atoms with van der Waals surface area (Å²) in [5.74, 6) is -0.770. The van der Waals surface area contributed by atoms with Crippen molar-refractivity contribution in [2.45, 2.75) is 64.3 Å². The van der Waals surface area contributed by atoms with E-state index in [1.807, 2.05) is 6.92 Å². The van der Waals surface area contributed by atoms with Gasteiger partial charge in [0, 0.05) is 19.3 Å². The third kappa shape index (κ3) is 3.96. The topological polar surface area (TPSA) is 75.6 Å². The number of carboxylic acids is 1. The highest BCUT2D eigenvalue weighted by atomic mass is 16.5. The second-order valence-electron chi connectivity index (χ2n) is 6.44. The van der Waals surface area contributed by atoms with Crippen LogP contribution in [0.25, 0.3) is 0 Å². The zero-order chi connectivity index (χ0) is 15.3. The van der Waals surface area contributed by atoms with E-state index in [1.54, 1.807) is 0 Å². The molecular formula is C16H27NO4. The quantitative estimate of drug-likeness (QED) is 0.707. The molecule has 0 aromatic rings. The first-order valence-electron chi connectivity index (χ1n) is 8.19. The molecule has 21 heavy (non-hydrogen) atoms. The molecule has 2 saturated carbocycles. The molecule has 0 atom stereocenters. The number of carboxylic acid groups (broad SMARTS) is 1. The Kier molecular flexibility index (Phi) is 5.62. The lowest BCUT2D eigenvalue weighted by molar-refractivity contribution is -0.143. The van der Waals surface area contributed by atoms with Crippen molar-refractivity contribution in [2.24, 2.45) is 11.3 Å². The molecule has 2 aliphatic rings. The minimum atomic E-state index is -0.702. The van der Waals surface area contributed by atoms with Gasteiger partial charge in [-0.1, -0.05) is 6.42 Å². The maximum atomic E-state index is 12.5. The Morgan fingerprint density at radius 1 is 1.24 bits per heavy atom. The molecule has 120 valence electrons. The van der Waals surface area contributed by atoms with Crippen molar-refractivity contribution in [3.63, 3.8) is 0 Å². The summed E-state index contributed by atoms with van der Waals surface area (Å²) >= 11 is 0. The van der Waals surface area contributed by atoms with E-state index in [2.05, 4.69) is 5.32 Å². The lowest BCUT2D eigenvalue weighted by Gasteiger charge is -2.41. The van der Waals surface area contributed by atoms with E-state index < -0.39 is 5.97 Å². The lowest BCUT2D eigenvalue weighted by Crippen LogP contribution is -2.50. The molecule has 0 unspecified atom stereocenters.